The van der Waals surface area contributed by atoms with Gasteiger partial charge >= 0.3 is 0 Å². The molecule has 3 rings (SSSR count). The number of para-hydroxylation sites is 1. The van der Waals surface area contributed by atoms with Gasteiger partial charge in [-0.1, -0.05) is 6.07 Å². The van der Waals surface area contributed by atoms with E-state index in [0.717, 1.165) is 31.0 Å². The summed E-state index contributed by atoms with van der Waals surface area (Å²) in [4.78, 5) is 6.82. The van der Waals surface area contributed by atoms with Gasteiger partial charge in [0.2, 0.25) is 0 Å². The smallest absolute Gasteiger partial charge is 0.151 e. The quantitative estimate of drug-likeness (QED) is 0.806. The predicted molar refractivity (Wildman–Crippen MR) is 79.5 cm³/mol. The maximum absolute atomic E-state index is 13.8. The molecule has 1 aliphatic heterocycles. The molecule has 1 unspecified atom stereocenters. The minimum atomic E-state index is -0.276. The van der Waals surface area contributed by atoms with Gasteiger partial charge in [-0.2, -0.15) is 0 Å². The van der Waals surface area contributed by atoms with Crippen LogP contribution in [0.25, 0.3) is 11.0 Å². The van der Waals surface area contributed by atoms with Crippen LogP contribution in [0.15, 0.2) is 18.2 Å². The number of aromatic nitrogens is 2. The molecule has 0 saturated carbocycles. The van der Waals surface area contributed by atoms with Gasteiger partial charge in [-0.25, -0.2) is 9.37 Å². The fourth-order valence-corrected chi connectivity index (χ4v) is 3.23. The Morgan fingerprint density at radius 1 is 1.35 bits per heavy atom. The van der Waals surface area contributed by atoms with Crippen molar-refractivity contribution in [2.75, 3.05) is 13.1 Å². The summed E-state index contributed by atoms with van der Waals surface area (Å²) in [6.45, 7) is 5.33. The van der Waals surface area contributed by atoms with E-state index in [0.29, 0.717) is 17.4 Å². The van der Waals surface area contributed by atoms with Crippen molar-refractivity contribution in [1.82, 2.24) is 14.5 Å². The van der Waals surface area contributed by atoms with Crippen LogP contribution in [-0.2, 0) is 12.4 Å². The highest BCUT2D eigenvalue weighted by Crippen LogP contribution is 2.22. The minimum absolute atomic E-state index is 0.276. The van der Waals surface area contributed by atoms with Crippen LogP contribution in [0, 0.1) is 5.82 Å². The molecular weight excluding hydrogens is 277 g/mol. The van der Waals surface area contributed by atoms with Crippen molar-refractivity contribution in [3.05, 3.63) is 29.8 Å². The van der Waals surface area contributed by atoms with Crippen LogP contribution in [0.3, 0.4) is 0 Å². The van der Waals surface area contributed by atoms with Gasteiger partial charge in [0.1, 0.15) is 11.3 Å². The first-order valence-corrected chi connectivity index (χ1v) is 7.68. The maximum Gasteiger partial charge on any atom is 0.151 e. The monoisotopic (exact) mass is 295 g/mol. The third kappa shape index (κ3) is 2.42. The standard InChI is InChI=1S/C15H19ClFN3/c1-11(19-7-2-3-8-19)10-20-13-6-4-5-12(17)15(13)18-14(20)9-16/h4-6,11H,2-3,7-10H2,1H3. The molecule has 1 aromatic heterocycles. The molecule has 20 heavy (non-hydrogen) atoms. The molecule has 2 aromatic rings. The molecule has 5 heteroatoms. The van der Waals surface area contributed by atoms with Crippen molar-refractivity contribution >= 4 is 22.6 Å². The van der Waals surface area contributed by atoms with E-state index in [1.54, 1.807) is 6.07 Å². The molecule has 0 amide bonds. The number of hydrogen-bond donors (Lipinski definition) is 0. The SMILES string of the molecule is CC(Cn1c(CCl)nc2c(F)cccc21)N1CCCC1. The number of imidazole rings is 1. The fraction of sp³-hybridized carbons (Fsp3) is 0.533. The second-order valence-electron chi connectivity index (χ2n) is 5.47. The molecule has 0 bridgehead atoms. The van der Waals surface area contributed by atoms with Gasteiger partial charge in [0.25, 0.3) is 0 Å². The number of fused-ring (bicyclic) bond motifs is 1. The molecule has 1 aromatic carbocycles. The molecule has 0 radical (unpaired) electrons. The minimum Gasteiger partial charge on any atom is -0.325 e. The number of alkyl halides is 1. The Labute approximate surface area is 123 Å². The van der Waals surface area contributed by atoms with E-state index in [2.05, 4.69) is 21.4 Å². The Balaban J connectivity index is 1.95. The van der Waals surface area contributed by atoms with Gasteiger partial charge < -0.3 is 4.57 Å². The highest BCUT2D eigenvalue weighted by Gasteiger charge is 2.21. The topological polar surface area (TPSA) is 21.1 Å². The molecule has 0 aliphatic carbocycles. The largest absolute Gasteiger partial charge is 0.325 e. The number of likely N-dealkylation sites (tertiary alicyclic amines) is 1. The lowest BCUT2D eigenvalue weighted by Gasteiger charge is -2.25. The molecule has 0 N–H and O–H groups in total. The molecular formula is C15H19ClFN3. The van der Waals surface area contributed by atoms with Crippen molar-refractivity contribution in [3.8, 4) is 0 Å². The Morgan fingerprint density at radius 2 is 2.10 bits per heavy atom. The molecule has 3 nitrogen and oxygen atoms in total. The first kappa shape index (κ1) is 13.8. The Hall–Kier alpha value is -1.13. The third-order valence-electron chi connectivity index (χ3n) is 4.14. The summed E-state index contributed by atoms with van der Waals surface area (Å²) in [7, 11) is 0. The molecule has 1 saturated heterocycles. The summed E-state index contributed by atoms with van der Waals surface area (Å²) in [5.41, 5.74) is 1.27. The van der Waals surface area contributed by atoms with Crippen LogP contribution in [0.1, 0.15) is 25.6 Å². The molecule has 1 atom stereocenters. The highest BCUT2D eigenvalue weighted by molar-refractivity contribution is 6.16. The van der Waals surface area contributed by atoms with Gasteiger partial charge in [0.15, 0.2) is 5.82 Å². The zero-order valence-electron chi connectivity index (χ0n) is 11.6. The van der Waals surface area contributed by atoms with Gasteiger partial charge in [0, 0.05) is 12.6 Å². The first-order chi connectivity index (χ1) is 9.70. The van der Waals surface area contributed by atoms with E-state index in [1.807, 2.05) is 6.07 Å². The van der Waals surface area contributed by atoms with Crippen LogP contribution in [0.5, 0.6) is 0 Å². The lowest BCUT2D eigenvalue weighted by atomic mass is 10.2. The average molecular weight is 296 g/mol. The highest BCUT2D eigenvalue weighted by atomic mass is 35.5. The van der Waals surface area contributed by atoms with Crippen LogP contribution in [0.4, 0.5) is 4.39 Å². The molecule has 108 valence electrons. The number of benzene rings is 1. The van der Waals surface area contributed by atoms with Crippen LogP contribution >= 0.6 is 11.6 Å². The lowest BCUT2D eigenvalue weighted by Crippen LogP contribution is -2.34. The van der Waals surface area contributed by atoms with E-state index in [9.17, 15) is 4.39 Å². The average Bonchev–Trinajstić information content (AvgIpc) is 3.07. The van der Waals surface area contributed by atoms with Crippen molar-refractivity contribution in [2.24, 2.45) is 0 Å². The van der Waals surface area contributed by atoms with E-state index in [-0.39, 0.29) is 5.82 Å². The van der Waals surface area contributed by atoms with E-state index >= 15 is 0 Å². The second-order valence-corrected chi connectivity index (χ2v) is 5.74. The number of halogens is 2. The Morgan fingerprint density at radius 3 is 2.80 bits per heavy atom. The van der Waals surface area contributed by atoms with Crippen molar-refractivity contribution in [3.63, 3.8) is 0 Å². The summed E-state index contributed by atoms with van der Waals surface area (Å²) >= 11 is 5.98. The van der Waals surface area contributed by atoms with Gasteiger partial charge in [-0.3, -0.25) is 4.90 Å². The number of nitrogens with zero attached hydrogens (tertiary/aromatic N) is 3. The predicted octanol–water partition coefficient (Wildman–Crippen LogP) is 3.40. The maximum atomic E-state index is 13.8. The Bertz CT molecular complexity index is 604. The van der Waals surface area contributed by atoms with Crippen LogP contribution in [-0.4, -0.2) is 33.6 Å². The second kappa shape index (κ2) is 5.70. The van der Waals surface area contributed by atoms with E-state index < -0.39 is 0 Å². The lowest BCUT2D eigenvalue weighted by molar-refractivity contribution is 0.236. The fourth-order valence-electron chi connectivity index (χ4n) is 3.03. The summed E-state index contributed by atoms with van der Waals surface area (Å²) in [6, 6.07) is 5.51. The zero-order chi connectivity index (χ0) is 14.1. The number of hydrogen-bond acceptors (Lipinski definition) is 2. The van der Waals surface area contributed by atoms with Crippen molar-refractivity contribution in [1.29, 1.82) is 0 Å². The molecule has 1 fully saturated rings. The number of rotatable bonds is 4. The van der Waals surface area contributed by atoms with E-state index in [4.69, 9.17) is 11.6 Å². The van der Waals surface area contributed by atoms with Crippen molar-refractivity contribution < 1.29 is 4.39 Å². The summed E-state index contributed by atoms with van der Waals surface area (Å²) in [6.07, 6.45) is 2.54. The summed E-state index contributed by atoms with van der Waals surface area (Å²) in [5, 5.41) is 0. The Kier molecular flexibility index (Phi) is 3.94. The van der Waals surface area contributed by atoms with Crippen LogP contribution in [0.2, 0.25) is 0 Å². The normalized spacial score (nSPS) is 17.9. The molecule has 1 aliphatic rings. The van der Waals surface area contributed by atoms with Crippen molar-refractivity contribution in [2.45, 2.75) is 38.2 Å². The van der Waals surface area contributed by atoms with Crippen LogP contribution < -0.4 is 0 Å². The van der Waals surface area contributed by atoms with E-state index in [1.165, 1.54) is 18.9 Å². The summed E-state index contributed by atoms with van der Waals surface area (Å²) in [5.74, 6) is 0.778. The summed E-state index contributed by atoms with van der Waals surface area (Å²) < 4.78 is 15.9. The van der Waals surface area contributed by atoms with Gasteiger partial charge in [0.05, 0.1) is 11.4 Å². The molecule has 2 heterocycles. The van der Waals surface area contributed by atoms with Gasteiger partial charge in [-0.15, -0.1) is 11.6 Å². The zero-order valence-corrected chi connectivity index (χ0v) is 12.4. The first-order valence-electron chi connectivity index (χ1n) is 7.14. The molecule has 0 spiro atoms. The third-order valence-corrected chi connectivity index (χ3v) is 4.38. The van der Waals surface area contributed by atoms with Gasteiger partial charge in [-0.05, 0) is 45.0 Å².